The van der Waals surface area contributed by atoms with Gasteiger partial charge in [0.1, 0.15) is 12.6 Å². The van der Waals surface area contributed by atoms with Crippen molar-refractivity contribution in [2.45, 2.75) is 55.6 Å². The van der Waals surface area contributed by atoms with Crippen molar-refractivity contribution in [3.8, 4) is 0 Å². The predicted molar refractivity (Wildman–Crippen MR) is 186 cm³/mol. The number of hydrogen-bond acceptors (Lipinski definition) is 4. The van der Waals surface area contributed by atoms with Gasteiger partial charge in [-0.2, -0.15) is 0 Å². The summed E-state index contributed by atoms with van der Waals surface area (Å²) < 4.78 is 29.9. The van der Waals surface area contributed by atoms with E-state index in [9.17, 15) is 18.0 Å². The fourth-order valence-electron chi connectivity index (χ4n) is 5.64. The molecule has 0 aromatic heterocycles. The standard InChI is InChI=1S/C35H34BrCl2N3O4S/c36-27-12-9-15-29(22-27)41(46(44,45)30-16-5-2-6-17-30)24-34(42)40(23-26-18-19-31(37)32(38)20-26)33(21-25-10-3-1-4-11-25)35(43)39-28-13-7-8-14-28/h1-6,9-12,15-20,22,28,33H,7-8,13-14,21,23-24H2,(H,39,43)/t33-/m1/s1. The van der Waals surface area contributed by atoms with Gasteiger partial charge in [0.2, 0.25) is 11.8 Å². The Kier molecular flexibility index (Phi) is 11.4. The van der Waals surface area contributed by atoms with Crippen LogP contribution in [0.3, 0.4) is 0 Å². The molecule has 1 atom stereocenters. The number of nitrogens with one attached hydrogen (secondary N) is 1. The molecule has 0 bridgehead atoms. The first kappa shape index (κ1) is 34.0. The van der Waals surface area contributed by atoms with Gasteiger partial charge in [0.15, 0.2) is 0 Å². The summed E-state index contributed by atoms with van der Waals surface area (Å²) in [6, 6.07) is 28.3. The second-order valence-corrected chi connectivity index (χ2v) is 14.9. The zero-order valence-electron chi connectivity index (χ0n) is 25.0. The molecule has 1 saturated carbocycles. The van der Waals surface area contributed by atoms with Crippen LogP contribution in [-0.4, -0.2) is 43.8 Å². The molecule has 5 rings (SSSR count). The lowest BCUT2D eigenvalue weighted by atomic mass is 10.0. The van der Waals surface area contributed by atoms with Crippen LogP contribution in [0.5, 0.6) is 0 Å². The lowest BCUT2D eigenvalue weighted by molar-refractivity contribution is -0.140. The van der Waals surface area contributed by atoms with Gasteiger partial charge in [-0.05, 0) is 66.4 Å². The van der Waals surface area contributed by atoms with Crippen LogP contribution in [0.2, 0.25) is 10.0 Å². The third-order valence-electron chi connectivity index (χ3n) is 8.02. The number of carbonyl (C=O) groups is 2. The van der Waals surface area contributed by atoms with Crippen molar-refractivity contribution in [1.29, 1.82) is 0 Å². The minimum atomic E-state index is -4.18. The van der Waals surface area contributed by atoms with Gasteiger partial charge < -0.3 is 10.2 Å². The maximum absolute atomic E-state index is 14.6. The van der Waals surface area contributed by atoms with Crippen LogP contribution >= 0.6 is 39.1 Å². The molecule has 4 aromatic carbocycles. The third kappa shape index (κ3) is 8.50. The quantitative estimate of drug-likeness (QED) is 0.162. The van der Waals surface area contributed by atoms with Crippen molar-refractivity contribution in [3.05, 3.63) is 129 Å². The van der Waals surface area contributed by atoms with Crippen LogP contribution in [-0.2, 0) is 32.6 Å². The summed E-state index contributed by atoms with van der Waals surface area (Å²) in [6.07, 6.45) is 4.03. The van der Waals surface area contributed by atoms with Crippen LogP contribution in [0.25, 0.3) is 0 Å². The van der Waals surface area contributed by atoms with E-state index in [1.807, 2.05) is 30.3 Å². The Balaban J connectivity index is 1.57. The molecule has 1 aliphatic carbocycles. The number of halogens is 3. The molecule has 2 amide bonds. The zero-order chi connectivity index (χ0) is 32.7. The first-order chi connectivity index (χ1) is 22.1. The third-order valence-corrected chi connectivity index (χ3v) is 11.0. The van der Waals surface area contributed by atoms with Gasteiger partial charge in [-0.3, -0.25) is 13.9 Å². The molecule has 0 aliphatic heterocycles. The molecule has 1 fully saturated rings. The summed E-state index contributed by atoms with van der Waals surface area (Å²) in [4.78, 5) is 30.2. The highest BCUT2D eigenvalue weighted by molar-refractivity contribution is 9.10. The number of amides is 2. The SMILES string of the molecule is O=C(NC1CCCC1)[C@@H](Cc1ccccc1)N(Cc1ccc(Cl)c(Cl)c1)C(=O)CN(c1cccc(Br)c1)S(=O)(=O)c1ccccc1. The minimum absolute atomic E-state index is 0.00299. The highest BCUT2D eigenvalue weighted by atomic mass is 79.9. The zero-order valence-corrected chi connectivity index (χ0v) is 28.9. The number of anilines is 1. The molecule has 0 unspecified atom stereocenters. The molecule has 0 heterocycles. The van der Waals surface area contributed by atoms with E-state index < -0.39 is 28.5 Å². The fourth-order valence-corrected chi connectivity index (χ4v) is 7.77. The average Bonchev–Trinajstić information content (AvgIpc) is 3.57. The van der Waals surface area contributed by atoms with Crippen molar-refractivity contribution in [2.24, 2.45) is 0 Å². The second-order valence-electron chi connectivity index (χ2n) is 11.3. The Morgan fingerprint density at radius 1 is 0.826 bits per heavy atom. The number of carbonyl (C=O) groups excluding carboxylic acids is 2. The number of sulfonamides is 1. The Morgan fingerprint density at radius 3 is 2.15 bits per heavy atom. The molecule has 46 heavy (non-hydrogen) atoms. The lowest BCUT2D eigenvalue weighted by Crippen LogP contribution is -2.54. The Morgan fingerprint density at radius 2 is 1.50 bits per heavy atom. The molecule has 1 aliphatic rings. The van der Waals surface area contributed by atoms with Crippen LogP contribution < -0.4 is 9.62 Å². The number of nitrogens with zero attached hydrogens (tertiary/aromatic N) is 2. The van der Waals surface area contributed by atoms with E-state index in [1.165, 1.54) is 17.0 Å². The van der Waals surface area contributed by atoms with E-state index in [4.69, 9.17) is 23.2 Å². The van der Waals surface area contributed by atoms with E-state index in [0.717, 1.165) is 35.6 Å². The van der Waals surface area contributed by atoms with Crippen LogP contribution in [0.1, 0.15) is 36.8 Å². The predicted octanol–water partition coefficient (Wildman–Crippen LogP) is 7.65. The van der Waals surface area contributed by atoms with Crippen LogP contribution in [0.15, 0.2) is 112 Å². The summed E-state index contributed by atoms with van der Waals surface area (Å²) in [5.41, 5.74) is 1.81. The largest absolute Gasteiger partial charge is 0.352 e. The van der Waals surface area contributed by atoms with Gasteiger partial charge in [0, 0.05) is 23.5 Å². The molecule has 0 saturated heterocycles. The second kappa shape index (κ2) is 15.5. The monoisotopic (exact) mass is 741 g/mol. The van der Waals surface area contributed by atoms with Gasteiger partial charge in [-0.15, -0.1) is 0 Å². The van der Waals surface area contributed by atoms with Gasteiger partial charge in [0.05, 0.1) is 20.6 Å². The van der Waals surface area contributed by atoms with Crippen molar-refractivity contribution in [2.75, 3.05) is 10.8 Å². The summed E-state index contributed by atoms with van der Waals surface area (Å²) in [5.74, 6) is -0.836. The van der Waals surface area contributed by atoms with E-state index >= 15 is 0 Å². The average molecular weight is 744 g/mol. The fraction of sp³-hybridized carbons (Fsp3) is 0.257. The molecule has 11 heteroatoms. The van der Waals surface area contributed by atoms with Gasteiger partial charge >= 0.3 is 0 Å². The molecule has 1 N–H and O–H groups in total. The molecule has 0 spiro atoms. The first-order valence-corrected chi connectivity index (χ1v) is 18.0. The van der Waals surface area contributed by atoms with Gasteiger partial charge in [0.25, 0.3) is 10.0 Å². The highest BCUT2D eigenvalue weighted by Crippen LogP contribution is 2.29. The Labute approximate surface area is 288 Å². The van der Waals surface area contributed by atoms with Crippen molar-refractivity contribution >= 4 is 66.7 Å². The highest BCUT2D eigenvalue weighted by Gasteiger charge is 2.35. The Hall–Kier alpha value is -3.37. The van der Waals surface area contributed by atoms with E-state index in [1.54, 1.807) is 60.7 Å². The topological polar surface area (TPSA) is 86.8 Å². The maximum Gasteiger partial charge on any atom is 0.264 e. The van der Waals surface area contributed by atoms with Gasteiger partial charge in [-0.25, -0.2) is 8.42 Å². The summed E-state index contributed by atoms with van der Waals surface area (Å²) in [5, 5.41) is 3.84. The molecule has 4 aromatic rings. The molecule has 0 radical (unpaired) electrons. The van der Waals surface area contributed by atoms with Crippen molar-refractivity contribution in [1.82, 2.24) is 10.2 Å². The molecule has 240 valence electrons. The van der Waals surface area contributed by atoms with Crippen molar-refractivity contribution < 1.29 is 18.0 Å². The summed E-state index contributed by atoms with van der Waals surface area (Å²) in [7, 11) is -4.18. The minimum Gasteiger partial charge on any atom is -0.352 e. The van der Waals surface area contributed by atoms with Gasteiger partial charge in [-0.1, -0.05) is 113 Å². The molecular formula is C35H34BrCl2N3O4S. The van der Waals surface area contributed by atoms with E-state index in [0.29, 0.717) is 25.8 Å². The number of rotatable bonds is 12. The molecule has 7 nitrogen and oxygen atoms in total. The first-order valence-electron chi connectivity index (χ1n) is 15.0. The molecular weight excluding hydrogens is 709 g/mol. The van der Waals surface area contributed by atoms with E-state index in [2.05, 4.69) is 21.2 Å². The summed E-state index contributed by atoms with van der Waals surface area (Å²) in [6.45, 7) is -0.542. The Bertz CT molecular complexity index is 1770. The normalized spacial score (nSPS) is 14.1. The number of hydrogen-bond donors (Lipinski definition) is 1. The van der Waals surface area contributed by atoms with Crippen LogP contribution in [0.4, 0.5) is 5.69 Å². The van der Waals surface area contributed by atoms with Crippen LogP contribution in [0, 0.1) is 0 Å². The smallest absolute Gasteiger partial charge is 0.264 e. The van der Waals surface area contributed by atoms with E-state index in [-0.39, 0.29) is 29.8 Å². The summed E-state index contributed by atoms with van der Waals surface area (Å²) >= 11 is 16.0. The maximum atomic E-state index is 14.6. The van der Waals surface area contributed by atoms with Crippen molar-refractivity contribution in [3.63, 3.8) is 0 Å². The number of benzene rings is 4. The lowest BCUT2D eigenvalue weighted by Gasteiger charge is -2.34.